The molecule has 0 atom stereocenters. The summed E-state index contributed by atoms with van der Waals surface area (Å²) >= 11 is 1.41. The Hall–Kier alpha value is -1.14. The van der Waals surface area contributed by atoms with Gasteiger partial charge < -0.3 is 14.8 Å². The summed E-state index contributed by atoms with van der Waals surface area (Å²) in [4.78, 5) is 15.6. The highest BCUT2D eigenvalue weighted by atomic mass is 32.1. The van der Waals surface area contributed by atoms with Gasteiger partial charge in [0, 0.05) is 19.8 Å². The lowest BCUT2D eigenvalue weighted by Crippen LogP contribution is -2.11. The number of anilines is 1. The molecule has 0 aliphatic heterocycles. The Balaban J connectivity index is 2.30. The van der Waals surface area contributed by atoms with Crippen molar-refractivity contribution in [3.8, 4) is 0 Å². The summed E-state index contributed by atoms with van der Waals surface area (Å²) in [6.45, 7) is 6.52. The highest BCUT2D eigenvalue weighted by molar-refractivity contribution is 7.14. The lowest BCUT2D eigenvalue weighted by molar-refractivity contribution is 0.0521. The summed E-state index contributed by atoms with van der Waals surface area (Å²) < 4.78 is 10.3. The van der Waals surface area contributed by atoms with Gasteiger partial charge in [-0.05, 0) is 19.8 Å². The van der Waals surface area contributed by atoms with E-state index in [2.05, 4.69) is 17.2 Å². The zero-order valence-corrected chi connectivity index (χ0v) is 11.7. The summed E-state index contributed by atoms with van der Waals surface area (Å²) in [5.74, 6) is -0.372. The molecule has 0 saturated heterocycles. The molecule has 0 aliphatic carbocycles. The number of carbonyl (C=O) groups excluding carboxylic acids is 1. The SMILES string of the molecule is CCCOCCCNc1scnc1C(=O)OCC. The second kappa shape index (κ2) is 8.88. The molecular weight excluding hydrogens is 252 g/mol. The minimum Gasteiger partial charge on any atom is -0.461 e. The van der Waals surface area contributed by atoms with Crippen LogP contribution < -0.4 is 5.32 Å². The smallest absolute Gasteiger partial charge is 0.360 e. The summed E-state index contributed by atoms with van der Waals surface area (Å²) in [6, 6.07) is 0. The van der Waals surface area contributed by atoms with Gasteiger partial charge in [0.15, 0.2) is 5.69 Å². The van der Waals surface area contributed by atoms with E-state index < -0.39 is 0 Å². The molecule has 1 rings (SSSR count). The predicted octanol–water partition coefficient (Wildman–Crippen LogP) is 2.55. The highest BCUT2D eigenvalue weighted by Gasteiger charge is 2.15. The highest BCUT2D eigenvalue weighted by Crippen LogP contribution is 2.20. The van der Waals surface area contributed by atoms with Gasteiger partial charge in [0.25, 0.3) is 0 Å². The van der Waals surface area contributed by atoms with Crippen molar-refractivity contribution >= 4 is 22.3 Å². The molecular formula is C12H20N2O3S. The number of rotatable bonds is 9. The Morgan fingerprint density at radius 1 is 1.44 bits per heavy atom. The van der Waals surface area contributed by atoms with Gasteiger partial charge in [0.1, 0.15) is 5.00 Å². The van der Waals surface area contributed by atoms with Crippen LogP contribution in [-0.4, -0.2) is 37.3 Å². The molecule has 0 fully saturated rings. The van der Waals surface area contributed by atoms with Gasteiger partial charge in [-0.2, -0.15) is 0 Å². The number of nitrogens with one attached hydrogen (secondary N) is 1. The third-order valence-corrected chi connectivity index (χ3v) is 2.92. The number of carbonyl (C=O) groups is 1. The first kappa shape index (κ1) is 14.9. The van der Waals surface area contributed by atoms with Gasteiger partial charge in [-0.15, -0.1) is 11.3 Å². The van der Waals surface area contributed by atoms with Crippen LogP contribution in [-0.2, 0) is 9.47 Å². The molecule has 0 spiro atoms. The fourth-order valence-electron chi connectivity index (χ4n) is 1.34. The van der Waals surface area contributed by atoms with Crippen LogP contribution in [0.25, 0.3) is 0 Å². The summed E-state index contributed by atoms with van der Waals surface area (Å²) in [6.07, 6.45) is 1.94. The van der Waals surface area contributed by atoms with Crippen molar-refractivity contribution in [1.82, 2.24) is 4.98 Å². The maximum atomic E-state index is 11.6. The first-order valence-corrected chi connectivity index (χ1v) is 7.09. The summed E-state index contributed by atoms with van der Waals surface area (Å²) in [5, 5.41) is 3.95. The largest absolute Gasteiger partial charge is 0.461 e. The van der Waals surface area contributed by atoms with E-state index in [0.29, 0.717) is 12.3 Å². The zero-order chi connectivity index (χ0) is 13.2. The minimum absolute atomic E-state index is 0.362. The lowest BCUT2D eigenvalue weighted by Gasteiger charge is -2.06. The molecule has 1 N–H and O–H groups in total. The minimum atomic E-state index is -0.372. The van der Waals surface area contributed by atoms with Crippen LogP contribution in [0.2, 0.25) is 0 Å². The van der Waals surface area contributed by atoms with Crippen LogP contribution in [0.4, 0.5) is 5.00 Å². The van der Waals surface area contributed by atoms with Crippen LogP contribution in [0.1, 0.15) is 37.2 Å². The van der Waals surface area contributed by atoms with E-state index in [0.717, 1.165) is 37.6 Å². The number of ether oxygens (including phenoxy) is 2. The van der Waals surface area contributed by atoms with Gasteiger partial charge in [-0.25, -0.2) is 9.78 Å². The van der Waals surface area contributed by atoms with Crippen molar-refractivity contribution < 1.29 is 14.3 Å². The maximum absolute atomic E-state index is 11.6. The van der Waals surface area contributed by atoms with Crippen molar-refractivity contribution in [2.45, 2.75) is 26.7 Å². The fraction of sp³-hybridized carbons (Fsp3) is 0.667. The molecule has 0 amide bonds. The topological polar surface area (TPSA) is 60.5 Å². The van der Waals surface area contributed by atoms with Gasteiger partial charge in [0.05, 0.1) is 12.1 Å². The van der Waals surface area contributed by atoms with E-state index in [1.165, 1.54) is 11.3 Å². The normalized spacial score (nSPS) is 10.3. The van der Waals surface area contributed by atoms with Crippen molar-refractivity contribution in [2.75, 3.05) is 31.7 Å². The molecule has 1 aromatic heterocycles. The second-order valence-electron chi connectivity index (χ2n) is 3.64. The number of hydrogen-bond donors (Lipinski definition) is 1. The third kappa shape index (κ3) is 5.01. The van der Waals surface area contributed by atoms with Crippen molar-refractivity contribution in [2.24, 2.45) is 0 Å². The Bertz CT molecular complexity index is 355. The molecule has 5 nitrogen and oxygen atoms in total. The van der Waals surface area contributed by atoms with E-state index in [1.54, 1.807) is 12.4 Å². The van der Waals surface area contributed by atoms with Gasteiger partial charge in [-0.3, -0.25) is 0 Å². The Labute approximate surface area is 112 Å². The van der Waals surface area contributed by atoms with Crippen molar-refractivity contribution in [3.05, 3.63) is 11.2 Å². The number of thiazole rings is 1. The summed E-state index contributed by atoms with van der Waals surface area (Å²) in [7, 11) is 0. The average Bonchev–Trinajstić information content (AvgIpc) is 2.82. The molecule has 0 aliphatic rings. The molecule has 1 heterocycles. The molecule has 0 aromatic carbocycles. The number of hydrogen-bond acceptors (Lipinski definition) is 6. The summed E-state index contributed by atoms with van der Waals surface area (Å²) in [5.41, 5.74) is 2.01. The van der Waals surface area contributed by atoms with Gasteiger partial charge in [0.2, 0.25) is 0 Å². The van der Waals surface area contributed by atoms with Crippen LogP contribution in [0, 0.1) is 0 Å². The molecule has 102 valence electrons. The van der Waals surface area contributed by atoms with Gasteiger partial charge in [-0.1, -0.05) is 6.92 Å². The van der Waals surface area contributed by atoms with Crippen LogP contribution in [0.3, 0.4) is 0 Å². The van der Waals surface area contributed by atoms with Crippen LogP contribution >= 0.6 is 11.3 Å². The third-order valence-electron chi connectivity index (χ3n) is 2.14. The zero-order valence-electron chi connectivity index (χ0n) is 10.9. The fourth-order valence-corrected chi connectivity index (χ4v) is 2.04. The first-order chi connectivity index (χ1) is 8.79. The van der Waals surface area contributed by atoms with Crippen molar-refractivity contribution in [3.63, 3.8) is 0 Å². The Kier molecular flexibility index (Phi) is 7.36. The monoisotopic (exact) mass is 272 g/mol. The number of esters is 1. The van der Waals surface area contributed by atoms with Crippen LogP contribution in [0.5, 0.6) is 0 Å². The Morgan fingerprint density at radius 2 is 2.28 bits per heavy atom. The maximum Gasteiger partial charge on any atom is 0.360 e. The van der Waals surface area contributed by atoms with Crippen molar-refractivity contribution in [1.29, 1.82) is 0 Å². The predicted molar refractivity (Wildman–Crippen MR) is 72.3 cm³/mol. The molecule has 6 heteroatoms. The molecule has 0 saturated carbocycles. The van der Waals surface area contributed by atoms with E-state index in [9.17, 15) is 4.79 Å². The van der Waals surface area contributed by atoms with E-state index >= 15 is 0 Å². The molecule has 1 aromatic rings. The number of aromatic nitrogens is 1. The lowest BCUT2D eigenvalue weighted by atomic mass is 10.4. The van der Waals surface area contributed by atoms with Gasteiger partial charge >= 0.3 is 5.97 Å². The molecule has 0 radical (unpaired) electrons. The molecule has 0 unspecified atom stereocenters. The van der Waals surface area contributed by atoms with E-state index in [-0.39, 0.29) is 5.97 Å². The second-order valence-corrected chi connectivity index (χ2v) is 4.50. The first-order valence-electron chi connectivity index (χ1n) is 6.21. The quantitative estimate of drug-likeness (QED) is 0.553. The van der Waals surface area contributed by atoms with E-state index in [4.69, 9.17) is 9.47 Å². The number of nitrogens with zero attached hydrogens (tertiary/aromatic N) is 1. The van der Waals surface area contributed by atoms with E-state index in [1.807, 2.05) is 0 Å². The standard InChI is InChI=1S/C12H20N2O3S/c1-3-7-16-8-5-6-13-11-10(14-9-18-11)12(15)17-4-2/h9,13H,3-8H2,1-2H3. The van der Waals surface area contributed by atoms with Crippen LogP contribution in [0.15, 0.2) is 5.51 Å². The molecule has 0 bridgehead atoms. The Morgan fingerprint density at radius 3 is 3.00 bits per heavy atom. The average molecular weight is 272 g/mol. The molecule has 18 heavy (non-hydrogen) atoms.